The Morgan fingerprint density at radius 1 is 1.09 bits per heavy atom. The first-order valence-electron chi connectivity index (χ1n) is 10.4. The largest absolute Gasteiger partial charge is 0.496 e. The van der Waals surface area contributed by atoms with E-state index in [9.17, 15) is 19.5 Å². The normalized spacial score (nSPS) is 11.3. The summed E-state index contributed by atoms with van der Waals surface area (Å²) in [4.78, 5) is 41.8. The molecule has 0 atom stereocenters. The Labute approximate surface area is 191 Å². The lowest BCUT2D eigenvalue weighted by molar-refractivity contribution is -0.147. The molecular weight excluding hydrogens is 424 g/mol. The van der Waals surface area contributed by atoms with Gasteiger partial charge in [-0.25, -0.2) is 14.2 Å². The molecule has 3 rings (SSSR count). The molecule has 0 saturated carbocycles. The van der Waals surface area contributed by atoms with Gasteiger partial charge in [-0.15, -0.1) is 0 Å². The van der Waals surface area contributed by atoms with Gasteiger partial charge in [0.2, 0.25) is 5.95 Å². The number of hydrogen-bond donors (Lipinski definition) is 2. The minimum Gasteiger partial charge on any atom is -0.496 e. The van der Waals surface area contributed by atoms with Crippen molar-refractivity contribution in [3.05, 3.63) is 80.1 Å². The second-order valence-electron chi connectivity index (χ2n) is 8.66. The summed E-state index contributed by atoms with van der Waals surface area (Å²) in [6.45, 7) is 6.60. The zero-order valence-electron chi connectivity index (χ0n) is 19.4. The molecule has 0 unspecified atom stereocenters. The quantitative estimate of drug-likeness (QED) is 0.540. The van der Waals surface area contributed by atoms with Crippen molar-refractivity contribution < 1.29 is 14.6 Å². The summed E-state index contributed by atoms with van der Waals surface area (Å²) < 4.78 is 7.49. The fraction of sp³-hybridized carbons (Fsp3) is 0.333. The van der Waals surface area contributed by atoms with Crippen molar-refractivity contribution in [3.63, 3.8) is 0 Å². The molecule has 0 aliphatic carbocycles. The Balaban J connectivity index is 2.12. The van der Waals surface area contributed by atoms with Crippen LogP contribution in [0.3, 0.4) is 0 Å². The van der Waals surface area contributed by atoms with E-state index < -0.39 is 22.8 Å². The van der Waals surface area contributed by atoms with Gasteiger partial charge in [-0.1, -0.05) is 29.8 Å². The number of rotatable bonds is 8. The second kappa shape index (κ2) is 9.32. The lowest BCUT2D eigenvalue weighted by Gasteiger charge is -2.21. The molecule has 0 saturated heterocycles. The highest BCUT2D eigenvalue weighted by Gasteiger charge is 2.30. The second-order valence-corrected chi connectivity index (χ2v) is 8.66. The highest BCUT2D eigenvalue weighted by atomic mass is 16.5. The predicted molar refractivity (Wildman–Crippen MR) is 125 cm³/mol. The summed E-state index contributed by atoms with van der Waals surface area (Å²) in [6.07, 6.45) is 0. The van der Waals surface area contributed by atoms with Gasteiger partial charge in [0.1, 0.15) is 5.75 Å². The summed E-state index contributed by atoms with van der Waals surface area (Å²) in [7, 11) is 1.58. The average Bonchev–Trinajstić information content (AvgIpc) is 2.75. The summed E-state index contributed by atoms with van der Waals surface area (Å²) in [6, 6.07) is 13.0. The van der Waals surface area contributed by atoms with Gasteiger partial charge in [0.15, 0.2) is 0 Å². The first-order chi connectivity index (χ1) is 15.5. The molecule has 33 heavy (non-hydrogen) atoms. The minimum atomic E-state index is -1.33. The van der Waals surface area contributed by atoms with Gasteiger partial charge in [-0.3, -0.25) is 9.36 Å². The zero-order valence-corrected chi connectivity index (χ0v) is 19.4. The average molecular weight is 453 g/mol. The molecule has 0 amide bonds. The lowest BCUT2D eigenvalue weighted by Crippen LogP contribution is -2.46. The zero-order chi connectivity index (χ0) is 24.3. The van der Waals surface area contributed by atoms with Crippen LogP contribution < -0.4 is 21.4 Å². The maximum Gasteiger partial charge on any atom is 0.354 e. The molecule has 2 N–H and O–H groups in total. The van der Waals surface area contributed by atoms with E-state index in [1.165, 1.54) is 18.4 Å². The van der Waals surface area contributed by atoms with Crippen molar-refractivity contribution in [2.24, 2.45) is 5.41 Å². The summed E-state index contributed by atoms with van der Waals surface area (Å²) in [5.74, 6) is -0.341. The van der Waals surface area contributed by atoms with Gasteiger partial charge in [0.25, 0.3) is 0 Å². The van der Waals surface area contributed by atoms with Crippen molar-refractivity contribution in [1.82, 2.24) is 14.1 Å². The van der Waals surface area contributed by atoms with E-state index in [-0.39, 0.29) is 19.0 Å². The van der Waals surface area contributed by atoms with E-state index in [1.807, 2.05) is 44.2 Å². The van der Waals surface area contributed by atoms with Crippen LogP contribution in [0.15, 0.2) is 52.1 Å². The number of aryl methyl sites for hydroxylation is 2. The van der Waals surface area contributed by atoms with Gasteiger partial charge in [0, 0.05) is 12.2 Å². The van der Waals surface area contributed by atoms with Crippen molar-refractivity contribution in [2.75, 3.05) is 12.4 Å². The molecule has 0 radical (unpaired) electrons. The van der Waals surface area contributed by atoms with Gasteiger partial charge >= 0.3 is 17.3 Å². The third-order valence-corrected chi connectivity index (χ3v) is 5.39. The number of carboxylic acids is 1. The number of nitrogens with zero attached hydrogens (tertiary/aromatic N) is 3. The number of hydrogen-bond acceptors (Lipinski definition) is 6. The van der Waals surface area contributed by atoms with E-state index in [4.69, 9.17) is 4.74 Å². The number of anilines is 2. The van der Waals surface area contributed by atoms with Gasteiger partial charge < -0.3 is 15.2 Å². The molecule has 3 aromatic rings. The highest BCUT2D eigenvalue weighted by molar-refractivity contribution is 5.73. The predicted octanol–water partition coefficient (Wildman–Crippen LogP) is 2.93. The number of benzene rings is 2. The van der Waals surface area contributed by atoms with Crippen molar-refractivity contribution in [2.45, 2.75) is 40.8 Å². The molecular formula is C24H28N4O5. The van der Waals surface area contributed by atoms with Crippen LogP contribution in [0.5, 0.6) is 5.75 Å². The van der Waals surface area contributed by atoms with E-state index >= 15 is 0 Å². The van der Waals surface area contributed by atoms with Crippen LogP contribution in [0.1, 0.15) is 30.5 Å². The maximum absolute atomic E-state index is 13.4. The first-order valence-corrected chi connectivity index (χ1v) is 10.4. The molecule has 0 spiro atoms. The Morgan fingerprint density at radius 2 is 1.76 bits per heavy atom. The van der Waals surface area contributed by atoms with E-state index in [0.29, 0.717) is 11.4 Å². The van der Waals surface area contributed by atoms with Crippen LogP contribution >= 0.6 is 0 Å². The van der Waals surface area contributed by atoms with Crippen LogP contribution in [0.4, 0.5) is 11.6 Å². The first kappa shape index (κ1) is 23.8. The monoisotopic (exact) mass is 452 g/mol. The summed E-state index contributed by atoms with van der Waals surface area (Å²) >= 11 is 0. The van der Waals surface area contributed by atoms with E-state index in [0.717, 1.165) is 21.3 Å². The summed E-state index contributed by atoms with van der Waals surface area (Å²) in [5, 5.41) is 12.5. The van der Waals surface area contributed by atoms with Crippen molar-refractivity contribution in [1.29, 1.82) is 0 Å². The Hall–Kier alpha value is -3.88. The number of methoxy groups -OCH3 is 1. The standard InChI is InChI=1S/C24H28N4O5/c1-15-6-8-17(9-7-15)13-27-21(25-18-10-11-19(33-5)16(2)12-18)26-22(31)28(23(27)32)14-24(3,4)20(29)30/h6-12H,13-14H2,1-5H3,(H,29,30)(H,25,26,31). The summed E-state index contributed by atoms with van der Waals surface area (Å²) in [5.41, 5.74) is 0.617. The SMILES string of the molecule is COc1ccc(Nc2nc(=O)n(CC(C)(C)C(=O)O)c(=O)n2Cc2ccc(C)cc2)cc1C. The number of aromatic nitrogens is 3. The third kappa shape index (κ3) is 5.31. The topological polar surface area (TPSA) is 115 Å². The molecule has 0 bridgehead atoms. The number of carbonyl (C=O) groups is 1. The molecule has 9 nitrogen and oxygen atoms in total. The molecule has 2 aromatic carbocycles. The number of aliphatic carboxylic acids is 1. The molecule has 0 aliphatic rings. The fourth-order valence-corrected chi connectivity index (χ4v) is 3.33. The molecule has 174 valence electrons. The van der Waals surface area contributed by atoms with Crippen molar-refractivity contribution in [3.8, 4) is 5.75 Å². The smallest absolute Gasteiger partial charge is 0.354 e. The van der Waals surface area contributed by atoms with Crippen LogP contribution in [0.2, 0.25) is 0 Å². The lowest BCUT2D eigenvalue weighted by atomic mass is 9.94. The van der Waals surface area contributed by atoms with Crippen LogP contribution in [0, 0.1) is 19.3 Å². The number of ether oxygens (including phenoxy) is 1. The van der Waals surface area contributed by atoms with Gasteiger partial charge in [0.05, 0.1) is 19.1 Å². The molecule has 1 aromatic heterocycles. The third-order valence-electron chi connectivity index (χ3n) is 5.39. The molecule has 0 fully saturated rings. The van der Waals surface area contributed by atoms with E-state index in [1.54, 1.807) is 19.2 Å². The maximum atomic E-state index is 13.4. The number of nitrogens with one attached hydrogen (secondary N) is 1. The van der Waals surface area contributed by atoms with Crippen LogP contribution in [0.25, 0.3) is 0 Å². The van der Waals surface area contributed by atoms with Crippen molar-refractivity contribution >= 4 is 17.6 Å². The Bertz CT molecular complexity index is 1290. The molecule has 1 heterocycles. The van der Waals surface area contributed by atoms with Gasteiger partial charge in [-0.2, -0.15) is 4.98 Å². The Kier molecular flexibility index (Phi) is 6.71. The molecule has 9 heteroatoms. The van der Waals surface area contributed by atoms with Gasteiger partial charge in [-0.05, 0) is 57.0 Å². The number of carboxylic acid groups (broad SMARTS) is 1. The molecule has 0 aliphatic heterocycles. The minimum absolute atomic E-state index is 0.0690. The van der Waals surface area contributed by atoms with Crippen LogP contribution in [-0.4, -0.2) is 32.3 Å². The van der Waals surface area contributed by atoms with Crippen LogP contribution in [-0.2, 0) is 17.9 Å². The van der Waals surface area contributed by atoms with E-state index in [2.05, 4.69) is 10.3 Å². The fourth-order valence-electron chi connectivity index (χ4n) is 3.33. The Morgan fingerprint density at radius 3 is 2.33 bits per heavy atom. The highest BCUT2D eigenvalue weighted by Crippen LogP contribution is 2.23.